The predicted molar refractivity (Wildman–Crippen MR) is 109 cm³/mol. The Kier molecular flexibility index (Phi) is 4.53. The average molecular weight is 434 g/mol. The third-order valence-electron chi connectivity index (χ3n) is 6.37. The predicted octanol–water partition coefficient (Wildman–Crippen LogP) is 5.21. The Morgan fingerprint density at radius 1 is 1.26 bits per heavy atom. The van der Waals surface area contributed by atoms with Crippen LogP contribution in [0.1, 0.15) is 65.0 Å². The van der Waals surface area contributed by atoms with Gasteiger partial charge in [-0.05, 0) is 76.8 Å². The van der Waals surface area contributed by atoms with Gasteiger partial charge in [0, 0.05) is 28.8 Å². The summed E-state index contributed by atoms with van der Waals surface area (Å²) in [5.41, 5.74) is 2.21. The van der Waals surface area contributed by atoms with E-state index in [-0.39, 0.29) is 16.9 Å². The van der Waals surface area contributed by atoms with Crippen molar-refractivity contribution in [3.8, 4) is 0 Å². The summed E-state index contributed by atoms with van der Waals surface area (Å²) < 4.78 is 8.58. The van der Waals surface area contributed by atoms with Crippen LogP contribution in [-0.2, 0) is 10.2 Å². The Balaban J connectivity index is 1.43. The molecule has 2 aromatic rings. The van der Waals surface area contributed by atoms with Crippen LogP contribution in [0.25, 0.3) is 5.65 Å². The van der Waals surface area contributed by atoms with Gasteiger partial charge in [0.05, 0.1) is 5.69 Å². The van der Waals surface area contributed by atoms with Gasteiger partial charge in [-0.25, -0.2) is 9.78 Å². The molecular formula is C21H28BrN3O2. The van der Waals surface area contributed by atoms with Crippen molar-refractivity contribution in [1.29, 1.82) is 0 Å². The van der Waals surface area contributed by atoms with E-state index < -0.39 is 5.60 Å². The van der Waals surface area contributed by atoms with Gasteiger partial charge >= 0.3 is 6.09 Å². The molecule has 3 aliphatic rings. The van der Waals surface area contributed by atoms with Crippen LogP contribution in [-0.4, -0.2) is 27.6 Å². The highest BCUT2D eigenvalue weighted by atomic mass is 79.9. The number of alkyl carbamates (subject to hydrolysis) is 1. The zero-order valence-corrected chi connectivity index (χ0v) is 17.9. The van der Waals surface area contributed by atoms with Gasteiger partial charge in [-0.2, -0.15) is 0 Å². The molecule has 0 saturated heterocycles. The normalized spacial score (nSPS) is 27.7. The second-order valence-electron chi connectivity index (χ2n) is 9.37. The highest BCUT2D eigenvalue weighted by Gasteiger charge is 2.50. The van der Waals surface area contributed by atoms with Crippen molar-refractivity contribution in [2.45, 2.75) is 70.3 Å². The van der Waals surface area contributed by atoms with Gasteiger partial charge in [0.2, 0.25) is 0 Å². The van der Waals surface area contributed by atoms with Gasteiger partial charge in [-0.15, -0.1) is 0 Å². The van der Waals surface area contributed by atoms with Gasteiger partial charge in [-0.1, -0.05) is 15.9 Å². The molecule has 0 spiro atoms. The van der Waals surface area contributed by atoms with Gasteiger partial charge < -0.3 is 14.5 Å². The fourth-order valence-corrected chi connectivity index (χ4v) is 5.02. The summed E-state index contributed by atoms with van der Waals surface area (Å²) >= 11 is 3.53. The molecule has 2 bridgehead atoms. The number of nitrogens with zero attached hydrogens (tertiary/aromatic N) is 2. The first-order valence-corrected chi connectivity index (χ1v) is 10.6. The third-order valence-corrected chi connectivity index (χ3v) is 6.87. The van der Waals surface area contributed by atoms with Crippen molar-refractivity contribution < 1.29 is 9.53 Å². The highest BCUT2D eigenvalue weighted by molar-refractivity contribution is 9.10. The zero-order chi connectivity index (χ0) is 19.3. The van der Waals surface area contributed by atoms with Crippen LogP contribution in [0.5, 0.6) is 0 Å². The van der Waals surface area contributed by atoms with E-state index in [9.17, 15) is 4.79 Å². The number of amides is 1. The summed E-state index contributed by atoms with van der Waals surface area (Å²) in [6.45, 7) is 6.41. The molecule has 0 aliphatic heterocycles. The molecule has 0 aromatic carbocycles. The summed E-state index contributed by atoms with van der Waals surface area (Å²) in [6, 6.07) is 4.12. The topological polar surface area (TPSA) is 55.6 Å². The van der Waals surface area contributed by atoms with Crippen molar-refractivity contribution in [2.24, 2.45) is 5.41 Å². The average Bonchev–Trinajstić information content (AvgIpc) is 3.04. The van der Waals surface area contributed by atoms with Crippen LogP contribution in [0.4, 0.5) is 4.79 Å². The van der Waals surface area contributed by atoms with E-state index in [1.807, 2.05) is 26.8 Å². The third kappa shape index (κ3) is 3.73. The molecule has 5 nitrogen and oxygen atoms in total. The summed E-state index contributed by atoms with van der Waals surface area (Å²) in [4.78, 5) is 17.0. The van der Waals surface area contributed by atoms with Crippen LogP contribution in [0.3, 0.4) is 0 Å². The lowest BCUT2D eigenvalue weighted by atomic mass is 9.53. The molecule has 2 heterocycles. The molecule has 1 amide bonds. The number of ether oxygens (including phenoxy) is 1. The number of halogens is 1. The smallest absolute Gasteiger partial charge is 0.407 e. The number of rotatable bonds is 3. The number of fused-ring (bicyclic) bond motifs is 4. The lowest BCUT2D eigenvalue weighted by Gasteiger charge is -2.53. The molecule has 27 heavy (non-hydrogen) atoms. The van der Waals surface area contributed by atoms with Crippen LogP contribution in [0.15, 0.2) is 29.0 Å². The largest absolute Gasteiger partial charge is 0.444 e. The van der Waals surface area contributed by atoms with E-state index in [0.29, 0.717) is 0 Å². The van der Waals surface area contributed by atoms with Crippen molar-refractivity contribution in [2.75, 3.05) is 6.54 Å². The van der Waals surface area contributed by atoms with E-state index in [1.54, 1.807) is 0 Å². The molecule has 3 saturated carbocycles. The highest BCUT2D eigenvalue weighted by Crippen LogP contribution is 2.57. The SMILES string of the molecule is CC(C)(C)OC(=O)NC[C@]12CC[C@](c3cn4ccc(Br)cc4n3)(CC1)CC2. The Morgan fingerprint density at radius 3 is 2.56 bits per heavy atom. The number of nitrogens with one attached hydrogen (secondary N) is 1. The number of aromatic nitrogens is 2. The van der Waals surface area contributed by atoms with Crippen molar-refractivity contribution in [1.82, 2.24) is 14.7 Å². The van der Waals surface area contributed by atoms with Crippen LogP contribution >= 0.6 is 15.9 Å². The number of carbonyl (C=O) groups is 1. The second kappa shape index (κ2) is 6.50. The van der Waals surface area contributed by atoms with E-state index >= 15 is 0 Å². The van der Waals surface area contributed by atoms with Gasteiger partial charge in [-0.3, -0.25) is 0 Å². The lowest BCUT2D eigenvalue weighted by molar-refractivity contribution is 0.0248. The van der Waals surface area contributed by atoms with Gasteiger partial charge in [0.25, 0.3) is 0 Å². The zero-order valence-electron chi connectivity index (χ0n) is 16.3. The molecular weight excluding hydrogens is 406 g/mol. The molecule has 3 fully saturated rings. The standard InChI is InChI=1S/C21H28BrN3O2/c1-19(2,3)27-18(26)23-14-20-5-8-21(9-6-20,10-7-20)16-13-25-11-4-15(22)12-17(25)24-16/h4,11-13H,5-10,14H2,1-3H3,(H,23,26)/t20-,21+. The maximum atomic E-state index is 12.0. The number of pyridine rings is 1. The Morgan fingerprint density at radius 2 is 1.93 bits per heavy atom. The molecule has 0 radical (unpaired) electrons. The summed E-state index contributed by atoms with van der Waals surface area (Å²) in [6.07, 6.45) is 10.8. The van der Waals surface area contributed by atoms with Crippen molar-refractivity contribution in [3.63, 3.8) is 0 Å². The molecule has 6 heteroatoms. The minimum absolute atomic E-state index is 0.201. The maximum Gasteiger partial charge on any atom is 0.407 e. The first-order chi connectivity index (χ1) is 12.7. The fourth-order valence-electron chi connectivity index (χ4n) is 4.70. The van der Waals surface area contributed by atoms with Crippen LogP contribution < -0.4 is 5.32 Å². The molecule has 146 valence electrons. The summed E-state index contributed by atoms with van der Waals surface area (Å²) in [5.74, 6) is 0. The van der Waals surface area contributed by atoms with Gasteiger partial charge in [0.1, 0.15) is 11.2 Å². The molecule has 3 aliphatic carbocycles. The number of hydrogen-bond donors (Lipinski definition) is 1. The molecule has 0 atom stereocenters. The van der Waals surface area contributed by atoms with Crippen molar-refractivity contribution in [3.05, 3.63) is 34.7 Å². The van der Waals surface area contributed by atoms with E-state index in [1.165, 1.54) is 5.69 Å². The quantitative estimate of drug-likeness (QED) is 0.721. The summed E-state index contributed by atoms with van der Waals surface area (Å²) in [7, 11) is 0. The van der Waals surface area contributed by atoms with Crippen LogP contribution in [0, 0.1) is 5.41 Å². The maximum absolute atomic E-state index is 12.0. The summed E-state index contributed by atoms with van der Waals surface area (Å²) in [5, 5.41) is 3.02. The monoisotopic (exact) mass is 433 g/mol. The molecule has 0 unspecified atom stereocenters. The number of imidazole rings is 1. The Hall–Kier alpha value is -1.56. The molecule has 2 aromatic heterocycles. The fraction of sp³-hybridized carbons (Fsp3) is 0.619. The Bertz CT molecular complexity index is 843. The van der Waals surface area contributed by atoms with E-state index in [2.05, 4.69) is 44.1 Å². The van der Waals surface area contributed by atoms with Gasteiger partial charge in [0.15, 0.2) is 0 Å². The van der Waals surface area contributed by atoms with Crippen molar-refractivity contribution >= 4 is 27.7 Å². The minimum Gasteiger partial charge on any atom is -0.444 e. The second-order valence-corrected chi connectivity index (χ2v) is 10.3. The first-order valence-electron chi connectivity index (χ1n) is 9.81. The lowest BCUT2D eigenvalue weighted by Crippen LogP contribution is -2.49. The van der Waals surface area contributed by atoms with Crippen LogP contribution in [0.2, 0.25) is 0 Å². The number of hydrogen-bond acceptors (Lipinski definition) is 3. The Labute approximate surface area is 169 Å². The minimum atomic E-state index is -0.450. The van der Waals surface area contributed by atoms with E-state index in [4.69, 9.17) is 9.72 Å². The van der Waals surface area contributed by atoms with E-state index in [0.717, 1.165) is 55.2 Å². The first kappa shape index (κ1) is 18.8. The number of carbonyl (C=O) groups excluding carboxylic acids is 1. The molecule has 5 rings (SSSR count). The molecule has 1 N–H and O–H groups in total.